The molecule has 4 nitrogen and oxygen atoms in total. The summed E-state index contributed by atoms with van der Waals surface area (Å²) in [4.78, 5) is 17.8. The Kier molecular flexibility index (Phi) is 5.74. The smallest absolute Gasteiger partial charge is 0.264 e. The minimum atomic E-state index is -0.219. The van der Waals surface area contributed by atoms with Crippen molar-refractivity contribution in [2.24, 2.45) is 0 Å². The topological polar surface area (TPSA) is 51.2 Å². The molecule has 134 valence electrons. The fraction of sp³-hybridized carbons (Fsp3) is 0.200. The van der Waals surface area contributed by atoms with Gasteiger partial charge in [0, 0.05) is 14.9 Å². The first-order valence-electron chi connectivity index (χ1n) is 8.16. The van der Waals surface area contributed by atoms with Gasteiger partial charge in [-0.2, -0.15) is 0 Å². The lowest BCUT2D eigenvalue weighted by atomic mass is 10.1. The number of halogens is 1. The van der Waals surface area contributed by atoms with Gasteiger partial charge in [-0.05, 0) is 44.0 Å². The van der Waals surface area contributed by atoms with Gasteiger partial charge in [-0.15, -0.1) is 11.3 Å². The minimum absolute atomic E-state index is 0.0437. The van der Waals surface area contributed by atoms with E-state index in [1.807, 2.05) is 63.2 Å². The van der Waals surface area contributed by atoms with Crippen molar-refractivity contribution in [3.8, 4) is 17.0 Å². The second-order valence-corrected chi connectivity index (χ2v) is 8.11. The van der Waals surface area contributed by atoms with E-state index in [4.69, 9.17) is 4.74 Å². The van der Waals surface area contributed by atoms with Crippen molar-refractivity contribution in [2.45, 2.75) is 20.8 Å². The molecule has 0 fully saturated rings. The standard InChI is InChI=1S/C20H19BrN2O2S/c1-12-5-4-6-13(2)19(12)25-11-17(24)22-20-23-18(14(3)26-20)15-7-9-16(21)10-8-15/h4-10H,11H2,1-3H3,(H,22,23,24). The maximum absolute atomic E-state index is 12.2. The second-order valence-electron chi connectivity index (χ2n) is 5.99. The fourth-order valence-corrected chi connectivity index (χ4v) is 3.76. The maximum atomic E-state index is 12.2. The second kappa shape index (κ2) is 8.01. The number of benzene rings is 2. The van der Waals surface area contributed by atoms with Crippen LogP contribution in [0.2, 0.25) is 0 Å². The van der Waals surface area contributed by atoms with Crippen LogP contribution in [0.1, 0.15) is 16.0 Å². The highest BCUT2D eigenvalue weighted by Crippen LogP contribution is 2.31. The first-order chi connectivity index (χ1) is 12.4. The van der Waals surface area contributed by atoms with Gasteiger partial charge < -0.3 is 4.74 Å². The van der Waals surface area contributed by atoms with Gasteiger partial charge in [-0.3, -0.25) is 10.1 Å². The lowest BCUT2D eigenvalue weighted by Gasteiger charge is -2.11. The van der Waals surface area contributed by atoms with E-state index >= 15 is 0 Å². The third kappa shape index (κ3) is 4.31. The quantitative estimate of drug-likeness (QED) is 0.579. The van der Waals surface area contributed by atoms with Gasteiger partial charge in [0.2, 0.25) is 0 Å². The summed E-state index contributed by atoms with van der Waals surface area (Å²) in [6.07, 6.45) is 0. The summed E-state index contributed by atoms with van der Waals surface area (Å²) < 4.78 is 6.72. The minimum Gasteiger partial charge on any atom is -0.483 e. The van der Waals surface area contributed by atoms with Crippen LogP contribution >= 0.6 is 27.3 Å². The number of nitrogens with zero attached hydrogens (tertiary/aromatic N) is 1. The Morgan fingerprint density at radius 3 is 2.42 bits per heavy atom. The molecule has 3 rings (SSSR count). The molecule has 0 aliphatic carbocycles. The van der Waals surface area contributed by atoms with Crippen LogP contribution in [0.3, 0.4) is 0 Å². The van der Waals surface area contributed by atoms with E-state index in [-0.39, 0.29) is 12.5 Å². The summed E-state index contributed by atoms with van der Waals surface area (Å²) in [7, 11) is 0. The molecule has 1 N–H and O–H groups in total. The van der Waals surface area contributed by atoms with Gasteiger partial charge in [0.25, 0.3) is 5.91 Å². The highest BCUT2D eigenvalue weighted by Gasteiger charge is 2.13. The molecule has 1 amide bonds. The predicted octanol–water partition coefficient (Wildman–Crippen LogP) is 5.52. The van der Waals surface area contributed by atoms with Crippen LogP contribution in [-0.2, 0) is 4.79 Å². The average Bonchev–Trinajstić information content (AvgIpc) is 2.95. The number of thiazole rings is 1. The van der Waals surface area contributed by atoms with Crippen LogP contribution in [0.4, 0.5) is 5.13 Å². The van der Waals surface area contributed by atoms with E-state index in [2.05, 4.69) is 26.2 Å². The lowest BCUT2D eigenvalue weighted by molar-refractivity contribution is -0.118. The zero-order valence-corrected chi connectivity index (χ0v) is 17.2. The molecular weight excluding hydrogens is 412 g/mol. The van der Waals surface area contributed by atoms with Gasteiger partial charge in [-0.25, -0.2) is 4.98 Å². The molecule has 3 aromatic rings. The zero-order chi connectivity index (χ0) is 18.7. The Balaban J connectivity index is 1.67. The zero-order valence-electron chi connectivity index (χ0n) is 14.8. The van der Waals surface area contributed by atoms with E-state index < -0.39 is 0 Å². The molecule has 0 aliphatic rings. The molecule has 26 heavy (non-hydrogen) atoms. The summed E-state index contributed by atoms with van der Waals surface area (Å²) in [5, 5.41) is 3.41. The predicted molar refractivity (Wildman–Crippen MR) is 110 cm³/mol. The van der Waals surface area contributed by atoms with Crippen molar-refractivity contribution in [3.63, 3.8) is 0 Å². The number of hydrogen-bond acceptors (Lipinski definition) is 4. The number of aryl methyl sites for hydroxylation is 3. The number of para-hydroxylation sites is 1. The van der Waals surface area contributed by atoms with Crippen LogP contribution in [-0.4, -0.2) is 17.5 Å². The van der Waals surface area contributed by atoms with Crippen molar-refractivity contribution in [2.75, 3.05) is 11.9 Å². The third-order valence-electron chi connectivity index (χ3n) is 3.92. The van der Waals surface area contributed by atoms with Gasteiger partial charge in [0.15, 0.2) is 11.7 Å². The first kappa shape index (κ1) is 18.6. The van der Waals surface area contributed by atoms with Crippen LogP contribution in [0.15, 0.2) is 46.9 Å². The Labute approximate surface area is 165 Å². The number of carbonyl (C=O) groups excluding carboxylic acids is 1. The molecule has 0 aliphatic heterocycles. The SMILES string of the molecule is Cc1cccc(C)c1OCC(=O)Nc1nc(-c2ccc(Br)cc2)c(C)s1. The normalized spacial score (nSPS) is 10.6. The summed E-state index contributed by atoms with van der Waals surface area (Å²) in [5.41, 5.74) is 3.93. The molecule has 0 spiro atoms. The van der Waals surface area contributed by atoms with E-state index in [9.17, 15) is 4.79 Å². The Morgan fingerprint density at radius 2 is 1.77 bits per heavy atom. The number of anilines is 1. The van der Waals surface area contributed by atoms with Gasteiger partial charge >= 0.3 is 0 Å². The molecule has 2 aromatic carbocycles. The van der Waals surface area contributed by atoms with E-state index in [0.29, 0.717) is 5.13 Å². The molecule has 0 unspecified atom stereocenters. The average molecular weight is 431 g/mol. The number of nitrogens with one attached hydrogen (secondary N) is 1. The molecule has 6 heteroatoms. The van der Waals surface area contributed by atoms with Crippen molar-refractivity contribution in [1.82, 2.24) is 4.98 Å². The number of carbonyl (C=O) groups is 1. The number of aromatic nitrogens is 1. The van der Waals surface area contributed by atoms with Gasteiger partial charge in [0.05, 0.1) is 5.69 Å². The monoisotopic (exact) mass is 430 g/mol. The first-order valence-corrected chi connectivity index (χ1v) is 9.77. The summed E-state index contributed by atoms with van der Waals surface area (Å²) in [5.74, 6) is 0.539. The molecular formula is C20H19BrN2O2S. The summed E-state index contributed by atoms with van der Waals surface area (Å²) in [6, 6.07) is 13.9. The van der Waals surface area contributed by atoms with E-state index in [1.165, 1.54) is 11.3 Å². The number of rotatable bonds is 5. The maximum Gasteiger partial charge on any atom is 0.264 e. The molecule has 0 saturated heterocycles. The van der Waals surface area contributed by atoms with Crippen LogP contribution in [0, 0.1) is 20.8 Å². The van der Waals surface area contributed by atoms with Crippen molar-refractivity contribution in [1.29, 1.82) is 0 Å². The van der Waals surface area contributed by atoms with E-state index in [1.54, 1.807) is 0 Å². The molecule has 1 aromatic heterocycles. The highest BCUT2D eigenvalue weighted by molar-refractivity contribution is 9.10. The fourth-order valence-electron chi connectivity index (χ4n) is 2.65. The summed E-state index contributed by atoms with van der Waals surface area (Å²) in [6.45, 7) is 5.89. The number of ether oxygens (including phenoxy) is 1. The van der Waals surface area contributed by atoms with Crippen molar-refractivity contribution < 1.29 is 9.53 Å². The highest BCUT2D eigenvalue weighted by atomic mass is 79.9. The molecule has 0 radical (unpaired) electrons. The number of amides is 1. The van der Waals surface area contributed by atoms with Crippen molar-refractivity contribution >= 4 is 38.3 Å². The van der Waals surface area contributed by atoms with Crippen LogP contribution in [0.25, 0.3) is 11.3 Å². The Hall–Kier alpha value is -2.18. The lowest BCUT2D eigenvalue weighted by Crippen LogP contribution is -2.20. The number of hydrogen-bond donors (Lipinski definition) is 1. The van der Waals surface area contributed by atoms with E-state index in [0.717, 1.165) is 37.5 Å². The van der Waals surface area contributed by atoms with Crippen molar-refractivity contribution in [3.05, 3.63) is 62.9 Å². The van der Waals surface area contributed by atoms with Gasteiger partial charge in [-0.1, -0.05) is 46.3 Å². The van der Waals surface area contributed by atoms with Gasteiger partial charge in [0.1, 0.15) is 5.75 Å². The largest absolute Gasteiger partial charge is 0.483 e. The summed E-state index contributed by atoms with van der Waals surface area (Å²) >= 11 is 4.89. The molecule has 0 saturated carbocycles. The molecule has 0 bridgehead atoms. The van der Waals surface area contributed by atoms with Crippen LogP contribution in [0.5, 0.6) is 5.75 Å². The Morgan fingerprint density at radius 1 is 1.12 bits per heavy atom. The molecule has 0 atom stereocenters. The third-order valence-corrected chi connectivity index (χ3v) is 5.33. The Bertz CT molecular complexity index is 915. The molecule has 1 heterocycles. The van der Waals surface area contributed by atoms with Crippen LogP contribution < -0.4 is 10.1 Å².